The SMILES string of the molecule is Fc1ccc([C@@H]2c3cccn3CCN2C(=S)Nc2ccc(I)cc2)cc1. The highest BCUT2D eigenvalue weighted by Gasteiger charge is 2.30. The molecule has 0 saturated heterocycles. The molecule has 1 aromatic heterocycles. The first kappa shape index (κ1) is 17.5. The van der Waals surface area contributed by atoms with Crippen molar-refractivity contribution in [1.29, 1.82) is 0 Å². The van der Waals surface area contributed by atoms with Crippen molar-refractivity contribution in [3.05, 3.63) is 87.5 Å². The van der Waals surface area contributed by atoms with Gasteiger partial charge >= 0.3 is 0 Å². The second-order valence-corrected chi connectivity index (χ2v) is 7.84. The van der Waals surface area contributed by atoms with Crippen LogP contribution in [0.15, 0.2) is 66.9 Å². The Hall–Kier alpha value is -1.93. The number of thiocarbonyl (C=S) groups is 1. The third-order valence-electron chi connectivity index (χ3n) is 4.58. The first-order chi connectivity index (χ1) is 12.6. The molecule has 1 atom stereocenters. The van der Waals surface area contributed by atoms with E-state index in [-0.39, 0.29) is 11.9 Å². The maximum atomic E-state index is 13.4. The minimum absolute atomic E-state index is 0.0387. The molecule has 1 aliphatic heterocycles. The van der Waals surface area contributed by atoms with Crippen LogP contribution in [0, 0.1) is 9.39 Å². The quantitative estimate of drug-likeness (QED) is 0.413. The van der Waals surface area contributed by atoms with Crippen molar-refractivity contribution < 1.29 is 4.39 Å². The Morgan fingerprint density at radius 2 is 1.77 bits per heavy atom. The van der Waals surface area contributed by atoms with Crippen LogP contribution < -0.4 is 5.32 Å². The van der Waals surface area contributed by atoms with E-state index in [1.54, 1.807) is 0 Å². The largest absolute Gasteiger partial charge is 0.348 e. The molecular weight excluding hydrogens is 460 g/mol. The van der Waals surface area contributed by atoms with E-state index in [2.05, 4.69) is 49.6 Å². The van der Waals surface area contributed by atoms with Gasteiger partial charge in [0.15, 0.2) is 5.11 Å². The molecule has 0 bridgehead atoms. The second kappa shape index (κ2) is 7.36. The van der Waals surface area contributed by atoms with Crippen molar-refractivity contribution >= 4 is 45.6 Å². The number of benzene rings is 2. The van der Waals surface area contributed by atoms with Crippen LogP contribution in [0.25, 0.3) is 0 Å². The van der Waals surface area contributed by atoms with Gasteiger partial charge in [0.2, 0.25) is 0 Å². The fourth-order valence-electron chi connectivity index (χ4n) is 3.33. The van der Waals surface area contributed by atoms with Crippen molar-refractivity contribution in [3.63, 3.8) is 0 Å². The number of nitrogens with one attached hydrogen (secondary N) is 1. The highest BCUT2D eigenvalue weighted by Crippen LogP contribution is 2.33. The van der Waals surface area contributed by atoms with Crippen LogP contribution in [0.2, 0.25) is 0 Å². The standard InChI is InChI=1S/C20H17FIN3S/c21-15-5-3-14(4-6-15)19-18-2-1-11-24(18)12-13-25(19)20(26)23-17-9-7-16(22)8-10-17/h1-11,19H,12-13H2,(H,23,26)/t19-/m1/s1. The monoisotopic (exact) mass is 477 g/mol. The summed E-state index contributed by atoms with van der Waals surface area (Å²) >= 11 is 8.01. The third-order valence-corrected chi connectivity index (χ3v) is 5.64. The van der Waals surface area contributed by atoms with Gasteiger partial charge in [-0.3, -0.25) is 0 Å². The Bertz CT molecular complexity index is 921. The Balaban J connectivity index is 1.66. The number of halogens is 2. The molecule has 2 aromatic carbocycles. The Labute approximate surface area is 171 Å². The molecular formula is C20H17FIN3S. The molecule has 1 aliphatic rings. The van der Waals surface area contributed by atoms with E-state index >= 15 is 0 Å². The molecule has 0 spiro atoms. The lowest BCUT2D eigenvalue weighted by Crippen LogP contribution is -2.44. The van der Waals surface area contributed by atoms with E-state index in [0.29, 0.717) is 5.11 Å². The van der Waals surface area contributed by atoms with E-state index in [4.69, 9.17) is 12.2 Å². The number of nitrogens with zero attached hydrogens (tertiary/aromatic N) is 2. The smallest absolute Gasteiger partial charge is 0.174 e. The molecule has 4 rings (SSSR count). The van der Waals surface area contributed by atoms with Crippen molar-refractivity contribution in [1.82, 2.24) is 9.47 Å². The minimum Gasteiger partial charge on any atom is -0.348 e. The van der Waals surface area contributed by atoms with E-state index in [1.807, 2.05) is 42.5 Å². The lowest BCUT2D eigenvalue weighted by Gasteiger charge is -2.39. The zero-order valence-corrected chi connectivity index (χ0v) is 16.9. The van der Waals surface area contributed by atoms with Crippen molar-refractivity contribution in [3.8, 4) is 0 Å². The first-order valence-corrected chi connectivity index (χ1v) is 9.84. The summed E-state index contributed by atoms with van der Waals surface area (Å²) in [5.74, 6) is -0.230. The van der Waals surface area contributed by atoms with Gasteiger partial charge in [0.05, 0.1) is 6.04 Å². The number of aromatic nitrogens is 1. The Morgan fingerprint density at radius 1 is 1.04 bits per heavy atom. The molecule has 0 radical (unpaired) electrons. The molecule has 26 heavy (non-hydrogen) atoms. The highest BCUT2D eigenvalue weighted by molar-refractivity contribution is 14.1. The third kappa shape index (κ3) is 3.48. The summed E-state index contributed by atoms with van der Waals surface area (Å²) in [4.78, 5) is 2.18. The first-order valence-electron chi connectivity index (χ1n) is 8.35. The molecule has 0 amide bonds. The van der Waals surface area contributed by atoms with Crippen molar-refractivity contribution in [2.45, 2.75) is 12.6 Å². The zero-order chi connectivity index (χ0) is 18.1. The molecule has 2 heterocycles. The van der Waals surface area contributed by atoms with Crippen LogP contribution >= 0.6 is 34.8 Å². The average Bonchev–Trinajstić information content (AvgIpc) is 3.12. The molecule has 0 saturated carbocycles. The lowest BCUT2D eigenvalue weighted by atomic mass is 10.0. The van der Waals surface area contributed by atoms with Crippen LogP contribution in [0.4, 0.5) is 10.1 Å². The van der Waals surface area contributed by atoms with Crippen LogP contribution in [-0.2, 0) is 6.54 Å². The highest BCUT2D eigenvalue weighted by atomic mass is 127. The van der Waals surface area contributed by atoms with Gasteiger partial charge in [-0.2, -0.15) is 0 Å². The van der Waals surface area contributed by atoms with Gasteiger partial charge in [-0.05, 0) is 88.9 Å². The van der Waals surface area contributed by atoms with Gasteiger partial charge in [0, 0.05) is 34.2 Å². The maximum absolute atomic E-state index is 13.4. The Morgan fingerprint density at radius 3 is 2.50 bits per heavy atom. The van der Waals surface area contributed by atoms with E-state index in [1.165, 1.54) is 15.7 Å². The normalized spacial score (nSPS) is 16.2. The van der Waals surface area contributed by atoms with Crippen LogP contribution in [0.3, 0.4) is 0 Å². The molecule has 1 N–H and O–H groups in total. The van der Waals surface area contributed by atoms with Gasteiger partial charge in [-0.25, -0.2) is 4.39 Å². The van der Waals surface area contributed by atoms with Gasteiger partial charge in [0.25, 0.3) is 0 Å². The molecule has 3 nitrogen and oxygen atoms in total. The summed E-state index contributed by atoms with van der Waals surface area (Å²) in [6, 6.07) is 18.9. The fourth-order valence-corrected chi connectivity index (χ4v) is 4.00. The van der Waals surface area contributed by atoms with Gasteiger partial charge in [0.1, 0.15) is 5.82 Å². The topological polar surface area (TPSA) is 20.2 Å². The van der Waals surface area contributed by atoms with Gasteiger partial charge < -0.3 is 14.8 Å². The van der Waals surface area contributed by atoms with E-state index in [0.717, 1.165) is 30.0 Å². The molecule has 0 unspecified atom stereocenters. The maximum Gasteiger partial charge on any atom is 0.174 e. The summed E-state index contributed by atoms with van der Waals surface area (Å²) in [6.45, 7) is 1.66. The van der Waals surface area contributed by atoms with Crippen LogP contribution in [0.5, 0.6) is 0 Å². The zero-order valence-electron chi connectivity index (χ0n) is 13.9. The van der Waals surface area contributed by atoms with Gasteiger partial charge in [-0.1, -0.05) is 12.1 Å². The van der Waals surface area contributed by atoms with E-state index < -0.39 is 0 Å². The average molecular weight is 477 g/mol. The van der Waals surface area contributed by atoms with Crippen LogP contribution in [-0.4, -0.2) is 21.1 Å². The predicted octanol–water partition coefficient (Wildman–Crippen LogP) is 5.03. The summed E-state index contributed by atoms with van der Waals surface area (Å²) in [5, 5.41) is 4.02. The number of hydrogen-bond donors (Lipinski definition) is 1. The second-order valence-electron chi connectivity index (χ2n) is 6.21. The number of rotatable bonds is 2. The molecule has 3 aromatic rings. The number of anilines is 1. The number of fused-ring (bicyclic) bond motifs is 1. The molecule has 0 fully saturated rings. The van der Waals surface area contributed by atoms with Crippen molar-refractivity contribution in [2.75, 3.05) is 11.9 Å². The number of hydrogen-bond acceptors (Lipinski definition) is 1. The summed E-state index contributed by atoms with van der Waals surface area (Å²) < 4.78 is 16.8. The fraction of sp³-hybridized carbons (Fsp3) is 0.150. The summed E-state index contributed by atoms with van der Waals surface area (Å²) in [7, 11) is 0. The van der Waals surface area contributed by atoms with Crippen LogP contribution in [0.1, 0.15) is 17.3 Å². The summed E-state index contributed by atoms with van der Waals surface area (Å²) in [5.41, 5.74) is 3.15. The molecule has 6 heteroatoms. The van der Waals surface area contributed by atoms with E-state index in [9.17, 15) is 4.39 Å². The predicted molar refractivity (Wildman–Crippen MR) is 115 cm³/mol. The van der Waals surface area contributed by atoms with Gasteiger partial charge in [-0.15, -0.1) is 0 Å². The molecule has 0 aliphatic carbocycles. The Kier molecular flexibility index (Phi) is 4.95. The molecule has 132 valence electrons. The summed E-state index contributed by atoms with van der Waals surface area (Å²) in [6.07, 6.45) is 2.08. The minimum atomic E-state index is -0.230. The van der Waals surface area contributed by atoms with Crippen molar-refractivity contribution in [2.24, 2.45) is 0 Å². The lowest BCUT2D eigenvalue weighted by molar-refractivity contribution is 0.293.